The van der Waals surface area contributed by atoms with E-state index >= 15 is 0 Å². The second-order valence-corrected chi connectivity index (χ2v) is 7.95. The van der Waals surface area contributed by atoms with Crippen molar-refractivity contribution in [2.75, 3.05) is 7.11 Å². The maximum atomic E-state index is 13.2. The van der Waals surface area contributed by atoms with Crippen molar-refractivity contribution < 1.29 is 9.13 Å². The molecule has 1 aliphatic heterocycles. The molecule has 2 aromatic rings. The van der Waals surface area contributed by atoms with E-state index in [0.717, 1.165) is 35.0 Å². The lowest BCUT2D eigenvalue weighted by Crippen LogP contribution is -2.31. The van der Waals surface area contributed by atoms with Crippen LogP contribution in [0.5, 0.6) is 5.75 Å². The van der Waals surface area contributed by atoms with Crippen molar-refractivity contribution in [3.05, 3.63) is 70.4 Å². The van der Waals surface area contributed by atoms with E-state index in [1.165, 1.54) is 22.6 Å². The van der Waals surface area contributed by atoms with Gasteiger partial charge in [0.25, 0.3) is 0 Å². The van der Waals surface area contributed by atoms with E-state index in [1.807, 2.05) is 12.1 Å². The number of ether oxygens (including phenoxy) is 1. The highest BCUT2D eigenvalue weighted by atomic mass is 32.2. The first kappa shape index (κ1) is 18.9. The van der Waals surface area contributed by atoms with E-state index in [4.69, 9.17) is 17.0 Å². The van der Waals surface area contributed by atoms with Crippen LogP contribution in [0.25, 0.3) is 6.08 Å². The maximum Gasteiger partial charge on any atom is 0.141 e. The lowest BCUT2D eigenvalue weighted by Gasteiger charge is -2.26. The van der Waals surface area contributed by atoms with Crippen LogP contribution in [0.2, 0.25) is 0 Å². The van der Waals surface area contributed by atoms with Gasteiger partial charge >= 0.3 is 0 Å². The van der Waals surface area contributed by atoms with Gasteiger partial charge in [0.05, 0.1) is 13.2 Å². The second-order valence-electron chi connectivity index (χ2n) is 6.25. The fourth-order valence-electron chi connectivity index (χ4n) is 3.03. The average molecular weight is 388 g/mol. The van der Waals surface area contributed by atoms with Gasteiger partial charge in [-0.1, -0.05) is 61.6 Å². The Morgan fingerprint density at radius 2 is 1.85 bits per heavy atom. The predicted octanol–water partition coefficient (Wildman–Crippen LogP) is 5.88. The first-order valence-corrected chi connectivity index (χ1v) is 9.91. The van der Waals surface area contributed by atoms with E-state index in [-0.39, 0.29) is 11.9 Å². The number of benzene rings is 2. The van der Waals surface area contributed by atoms with Crippen molar-refractivity contribution in [1.29, 1.82) is 0 Å². The number of methoxy groups -OCH3 is 1. The molecule has 5 heteroatoms. The number of halogens is 1. The van der Waals surface area contributed by atoms with E-state index in [1.54, 1.807) is 31.0 Å². The number of thiocarbonyl (C=S) groups is 1. The fraction of sp³-hybridized carbons (Fsp3) is 0.286. The van der Waals surface area contributed by atoms with Gasteiger partial charge in [-0.05, 0) is 47.9 Å². The Bertz CT molecular complexity index is 787. The van der Waals surface area contributed by atoms with Crippen LogP contribution in [-0.2, 0) is 6.54 Å². The summed E-state index contributed by atoms with van der Waals surface area (Å²) in [6.07, 6.45) is 4.24. The average Bonchev–Trinajstić information content (AvgIpc) is 2.93. The quantitative estimate of drug-likeness (QED) is 0.574. The maximum absolute atomic E-state index is 13.2. The number of thioether (sulfide) groups is 1. The molecule has 3 rings (SSSR count). The number of nitrogens with zero attached hydrogens (tertiary/aromatic N) is 1. The third-order valence-electron chi connectivity index (χ3n) is 4.40. The molecular weight excluding hydrogens is 365 g/mol. The summed E-state index contributed by atoms with van der Waals surface area (Å²) in [7, 11) is 1.67. The molecule has 0 amide bonds. The van der Waals surface area contributed by atoms with E-state index < -0.39 is 0 Å². The molecule has 1 atom stereocenters. The SMILES string of the molecule is CCCC1/C(=C/c2ccc(F)cc2)SC(=S)N1Cc1ccc(OC)cc1. The number of rotatable bonds is 6. The highest BCUT2D eigenvalue weighted by Crippen LogP contribution is 2.40. The van der Waals surface area contributed by atoms with Crippen molar-refractivity contribution in [2.24, 2.45) is 0 Å². The largest absolute Gasteiger partial charge is 0.497 e. The van der Waals surface area contributed by atoms with Gasteiger partial charge in [-0.3, -0.25) is 0 Å². The first-order chi connectivity index (χ1) is 12.6. The molecule has 0 bridgehead atoms. The first-order valence-electron chi connectivity index (χ1n) is 8.69. The number of hydrogen-bond donors (Lipinski definition) is 0. The molecule has 0 aromatic heterocycles. The molecule has 2 nitrogen and oxygen atoms in total. The molecule has 0 spiro atoms. The molecule has 0 N–H and O–H groups in total. The smallest absolute Gasteiger partial charge is 0.141 e. The van der Waals surface area contributed by atoms with Crippen LogP contribution >= 0.6 is 24.0 Å². The Morgan fingerprint density at radius 1 is 1.15 bits per heavy atom. The highest BCUT2D eigenvalue weighted by molar-refractivity contribution is 8.26. The van der Waals surface area contributed by atoms with Crippen molar-refractivity contribution >= 4 is 34.4 Å². The molecule has 1 fully saturated rings. The molecular formula is C21H22FNOS2. The van der Waals surface area contributed by atoms with E-state index in [9.17, 15) is 4.39 Å². The Hall–Kier alpha value is -1.85. The minimum absolute atomic E-state index is 0.215. The molecule has 136 valence electrons. The van der Waals surface area contributed by atoms with Crippen LogP contribution in [-0.4, -0.2) is 22.4 Å². The monoisotopic (exact) mass is 387 g/mol. The van der Waals surface area contributed by atoms with Crippen molar-refractivity contribution in [3.63, 3.8) is 0 Å². The zero-order valence-corrected chi connectivity index (χ0v) is 16.6. The van der Waals surface area contributed by atoms with Crippen molar-refractivity contribution in [2.45, 2.75) is 32.4 Å². The fourth-order valence-corrected chi connectivity index (χ4v) is 4.60. The third kappa shape index (κ3) is 4.46. The standard InChI is InChI=1S/C21H22FNOS2/c1-3-4-19-20(13-15-5-9-17(22)10-6-15)26-21(25)23(19)14-16-7-11-18(24-2)12-8-16/h5-13,19H,3-4,14H2,1-2H3/b20-13-. The van der Waals surface area contributed by atoms with Crippen molar-refractivity contribution in [3.8, 4) is 5.75 Å². The van der Waals surface area contributed by atoms with Crippen LogP contribution < -0.4 is 4.74 Å². The van der Waals surface area contributed by atoms with Crippen LogP contribution in [0, 0.1) is 5.82 Å². The minimum atomic E-state index is -0.215. The molecule has 1 unspecified atom stereocenters. The summed E-state index contributed by atoms with van der Waals surface area (Å²) in [6.45, 7) is 2.97. The number of hydrogen-bond acceptors (Lipinski definition) is 3. The van der Waals surface area contributed by atoms with Gasteiger partial charge in [0.15, 0.2) is 0 Å². The van der Waals surface area contributed by atoms with Crippen LogP contribution in [0.1, 0.15) is 30.9 Å². The molecule has 0 saturated carbocycles. The van der Waals surface area contributed by atoms with Gasteiger partial charge in [0.1, 0.15) is 15.9 Å². The zero-order valence-electron chi connectivity index (χ0n) is 14.9. The normalized spacial score (nSPS) is 18.6. The summed E-state index contributed by atoms with van der Waals surface area (Å²) in [5.74, 6) is 0.641. The Balaban J connectivity index is 1.82. The lowest BCUT2D eigenvalue weighted by atomic mass is 10.1. The zero-order chi connectivity index (χ0) is 18.5. The Morgan fingerprint density at radius 3 is 2.46 bits per heavy atom. The molecule has 1 saturated heterocycles. The van der Waals surface area contributed by atoms with Gasteiger partial charge in [-0.15, -0.1) is 0 Å². The van der Waals surface area contributed by atoms with E-state index in [2.05, 4.69) is 30.0 Å². The molecule has 1 aliphatic rings. The third-order valence-corrected chi connectivity index (χ3v) is 5.92. The van der Waals surface area contributed by atoms with Crippen LogP contribution in [0.3, 0.4) is 0 Å². The van der Waals surface area contributed by atoms with Gasteiger partial charge in [-0.2, -0.15) is 0 Å². The summed E-state index contributed by atoms with van der Waals surface area (Å²) in [6, 6.07) is 15.0. The summed E-state index contributed by atoms with van der Waals surface area (Å²) in [5, 5.41) is 0. The van der Waals surface area contributed by atoms with Crippen LogP contribution in [0.15, 0.2) is 53.4 Å². The van der Waals surface area contributed by atoms with Crippen molar-refractivity contribution in [1.82, 2.24) is 4.90 Å². The van der Waals surface area contributed by atoms with E-state index in [0.29, 0.717) is 0 Å². The summed E-state index contributed by atoms with van der Waals surface area (Å²) in [5.41, 5.74) is 2.21. The van der Waals surface area contributed by atoms with Crippen LogP contribution in [0.4, 0.5) is 4.39 Å². The predicted molar refractivity (Wildman–Crippen MR) is 112 cm³/mol. The highest BCUT2D eigenvalue weighted by Gasteiger charge is 2.32. The topological polar surface area (TPSA) is 12.5 Å². The molecule has 1 heterocycles. The Kier molecular flexibility index (Phi) is 6.33. The minimum Gasteiger partial charge on any atom is -0.497 e. The Labute approximate surface area is 164 Å². The van der Waals surface area contributed by atoms with Gasteiger partial charge < -0.3 is 9.64 Å². The summed E-state index contributed by atoms with van der Waals surface area (Å²) < 4.78 is 19.3. The molecule has 0 aliphatic carbocycles. The molecule has 2 aromatic carbocycles. The summed E-state index contributed by atoms with van der Waals surface area (Å²) >= 11 is 7.30. The van der Waals surface area contributed by atoms with Gasteiger partial charge in [0, 0.05) is 11.4 Å². The molecule has 26 heavy (non-hydrogen) atoms. The van der Waals surface area contributed by atoms with Gasteiger partial charge in [-0.25, -0.2) is 4.39 Å². The second kappa shape index (κ2) is 8.69. The van der Waals surface area contributed by atoms with Gasteiger partial charge in [0.2, 0.25) is 0 Å². The summed E-state index contributed by atoms with van der Waals surface area (Å²) in [4.78, 5) is 3.53. The molecule has 0 radical (unpaired) electrons. The lowest BCUT2D eigenvalue weighted by molar-refractivity contribution is 0.348.